The van der Waals surface area contributed by atoms with Crippen LogP contribution in [-0.2, 0) is 19.1 Å². The summed E-state index contributed by atoms with van der Waals surface area (Å²) in [6.07, 6.45) is 0.739. The van der Waals surface area contributed by atoms with Crippen LogP contribution >= 0.6 is 0 Å². The zero-order valence-electron chi connectivity index (χ0n) is 7.62. The highest BCUT2D eigenvalue weighted by molar-refractivity contribution is 5.73. The van der Waals surface area contributed by atoms with Crippen molar-refractivity contribution in [3.63, 3.8) is 0 Å². The van der Waals surface area contributed by atoms with Gasteiger partial charge < -0.3 is 9.47 Å². The van der Waals surface area contributed by atoms with E-state index < -0.39 is 0 Å². The molecule has 0 saturated carbocycles. The monoisotopic (exact) mass is 194 g/mol. The van der Waals surface area contributed by atoms with Crippen molar-refractivity contribution in [2.75, 3.05) is 13.2 Å². The minimum absolute atomic E-state index is 0.00166. The molecule has 2 aliphatic rings. The molecule has 0 bridgehead atoms. The molecule has 2 saturated heterocycles. The first-order valence-electron chi connectivity index (χ1n) is 4.56. The zero-order chi connectivity index (χ0) is 9.97. The molecule has 2 rings (SSSR count). The number of ether oxygens (including phenoxy) is 2. The Morgan fingerprint density at radius 1 is 0.929 bits per heavy atom. The smallest absolute Gasteiger partial charge is 0.307 e. The molecular formula is C10H10O4. The van der Waals surface area contributed by atoms with Gasteiger partial charge >= 0.3 is 11.9 Å². The summed E-state index contributed by atoms with van der Waals surface area (Å²) in [5, 5.41) is 0. The SMILES string of the molecule is O=C1CC(C#CC2COC(=O)C2)CO1. The van der Waals surface area contributed by atoms with E-state index in [0.29, 0.717) is 26.1 Å². The third kappa shape index (κ3) is 2.05. The van der Waals surface area contributed by atoms with E-state index in [1.165, 1.54) is 0 Å². The summed E-state index contributed by atoms with van der Waals surface area (Å²) in [6.45, 7) is 0.765. The Bertz CT molecular complexity index is 293. The minimum Gasteiger partial charge on any atom is -0.464 e. The lowest BCUT2D eigenvalue weighted by Gasteiger charge is -1.94. The Kier molecular flexibility index (Phi) is 2.40. The van der Waals surface area contributed by atoms with Crippen LogP contribution in [0.25, 0.3) is 0 Å². The molecule has 2 aliphatic heterocycles. The summed E-state index contributed by atoms with van der Waals surface area (Å²) in [7, 11) is 0. The largest absolute Gasteiger partial charge is 0.464 e. The van der Waals surface area contributed by atoms with Gasteiger partial charge in [0.2, 0.25) is 0 Å². The average Bonchev–Trinajstić information content (AvgIpc) is 2.72. The summed E-state index contributed by atoms with van der Waals surface area (Å²) in [6, 6.07) is 0. The Morgan fingerprint density at radius 2 is 1.36 bits per heavy atom. The van der Waals surface area contributed by atoms with Crippen LogP contribution < -0.4 is 0 Å². The molecule has 0 aromatic rings. The molecule has 14 heavy (non-hydrogen) atoms. The summed E-state index contributed by atoms with van der Waals surface area (Å²) >= 11 is 0. The number of rotatable bonds is 0. The highest BCUT2D eigenvalue weighted by Gasteiger charge is 2.24. The van der Waals surface area contributed by atoms with Gasteiger partial charge in [0.1, 0.15) is 13.2 Å². The lowest BCUT2D eigenvalue weighted by molar-refractivity contribution is -0.138. The second-order valence-electron chi connectivity index (χ2n) is 3.46. The Hall–Kier alpha value is -1.50. The standard InChI is InChI=1S/C10H10O4/c11-9-3-7(5-13-9)1-2-8-4-10(12)14-6-8/h7-8H,3-6H2. The summed E-state index contributed by atoms with van der Waals surface area (Å²) in [5.74, 6) is 5.51. The molecule has 2 unspecified atom stereocenters. The fourth-order valence-corrected chi connectivity index (χ4v) is 1.45. The Labute approximate surface area is 81.6 Å². The van der Waals surface area contributed by atoms with Gasteiger partial charge in [-0.05, 0) is 0 Å². The van der Waals surface area contributed by atoms with Gasteiger partial charge in [-0.1, -0.05) is 11.8 Å². The van der Waals surface area contributed by atoms with Crippen molar-refractivity contribution in [2.45, 2.75) is 12.8 Å². The molecule has 2 heterocycles. The normalized spacial score (nSPS) is 30.6. The van der Waals surface area contributed by atoms with E-state index in [9.17, 15) is 9.59 Å². The van der Waals surface area contributed by atoms with Crippen LogP contribution in [0, 0.1) is 23.7 Å². The van der Waals surface area contributed by atoms with Crippen molar-refractivity contribution >= 4 is 11.9 Å². The average molecular weight is 194 g/mol. The van der Waals surface area contributed by atoms with Crippen molar-refractivity contribution in [3.05, 3.63) is 0 Å². The first kappa shape index (κ1) is 9.07. The van der Waals surface area contributed by atoms with Crippen molar-refractivity contribution in [1.82, 2.24) is 0 Å². The van der Waals surface area contributed by atoms with Crippen LogP contribution in [0.3, 0.4) is 0 Å². The maximum atomic E-state index is 10.7. The van der Waals surface area contributed by atoms with E-state index in [0.717, 1.165) is 0 Å². The lowest BCUT2D eigenvalue weighted by Crippen LogP contribution is -1.98. The van der Waals surface area contributed by atoms with E-state index in [1.807, 2.05) is 0 Å². The first-order chi connectivity index (χ1) is 6.74. The molecule has 0 aliphatic carbocycles. The molecule has 0 aromatic heterocycles. The van der Waals surface area contributed by atoms with E-state index in [1.54, 1.807) is 0 Å². The van der Waals surface area contributed by atoms with Gasteiger partial charge in [-0.25, -0.2) is 0 Å². The van der Waals surface area contributed by atoms with Gasteiger partial charge in [-0.3, -0.25) is 9.59 Å². The number of esters is 2. The van der Waals surface area contributed by atoms with Crippen molar-refractivity contribution in [3.8, 4) is 11.8 Å². The van der Waals surface area contributed by atoms with E-state index in [2.05, 4.69) is 11.8 Å². The number of hydrogen-bond acceptors (Lipinski definition) is 4. The molecule has 4 nitrogen and oxygen atoms in total. The van der Waals surface area contributed by atoms with Gasteiger partial charge in [0, 0.05) is 0 Å². The van der Waals surface area contributed by atoms with Crippen LogP contribution in [-0.4, -0.2) is 25.2 Å². The predicted octanol–water partition coefficient (Wildman–Crippen LogP) is 0.116. The molecule has 2 atom stereocenters. The second kappa shape index (κ2) is 3.70. The fraction of sp³-hybridized carbons (Fsp3) is 0.600. The first-order valence-corrected chi connectivity index (χ1v) is 4.56. The predicted molar refractivity (Wildman–Crippen MR) is 45.9 cm³/mol. The third-order valence-corrected chi connectivity index (χ3v) is 2.21. The van der Waals surface area contributed by atoms with Crippen molar-refractivity contribution < 1.29 is 19.1 Å². The maximum Gasteiger partial charge on any atom is 0.307 e. The molecule has 0 N–H and O–H groups in total. The van der Waals surface area contributed by atoms with Gasteiger partial charge in [0.25, 0.3) is 0 Å². The van der Waals surface area contributed by atoms with Crippen LogP contribution in [0.4, 0.5) is 0 Å². The minimum atomic E-state index is -0.192. The van der Waals surface area contributed by atoms with E-state index in [-0.39, 0.29) is 23.8 Å². The Morgan fingerprint density at radius 3 is 1.64 bits per heavy atom. The van der Waals surface area contributed by atoms with Crippen LogP contribution in [0.2, 0.25) is 0 Å². The highest BCUT2D eigenvalue weighted by Crippen LogP contribution is 2.15. The number of cyclic esters (lactones) is 2. The maximum absolute atomic E-state index is 10.7. The number of carbonyl (C=O) groups excluding carboxylic acids is 2. The summed E-state index contributed by atoms with van der Waals surface area (Å²) < 4.78 is 9.52. The third-order valence-electron chi connectivity index (χ3n) is 2.21. The Balaban J connectivity index is 1.87. The van der Waals surface area contributed by atoms with Crippen molar-refractivity contribution in [2.24, 2.45) is 11.8 Å². The van der Waals surface area contributed by atoms with Gasteiger partial charge in [0.05, 0.1) is 24.7 Å². The summed E-state index contributed by atoms with van der Waals surface area (Å²) in [5.41, 5.74) is 0. The lowest BCUT2D eigenvalue weighted by atomic mass is 10.1. The number of hydrogen-bond donors (Lipinski definition) is 0. The molecule has 0 radical (unpaired) electrons. The second-order valence-corrected chi connectivity index (χ2v) is 3.46. The van der Waals surface area contributed by atoms with Crippen LogP contribution in [0.5, 0.6) is 0 Å². The topological polar surface area (TPSA) is 52.6 Å². The molecule has 4 heteroatoms. The highest BCUT2D eigenvalue weighted by atomic mass is 16.5. The van der Waals surface area contributed by atoms with Crippen LogP contribution in [0.15, 0.2) is 0 Å². The van der Waals surface area contributed by atoms with Crippen LogP contribution in [0.1, 0.15) is 12.8 Å². The quantitative estimate of drug-likeness (QED) is 0.406. The molecule has 0 amide bonds. The van der Waals surface area contributed by atoms with Gasteiger partial charge in [0.15, 0.2) is 0 Å². The van der Waals surface area contributed by atoms with Gasteiger partial charge in [-0.2, -0.15) is 0 Å². The van der Waals surface area contributed by atoms with Crippen molar-refractivity contribution in [1.29, 1.82) is 0 Å². The molecule has 74 valence electrons. The van der Waals surface area contributed by atoms with E-state index in [4.69, 9.17) is 9.47 Å². The molecule has 0 spiro atoms. The number of carbonyl (C=O) groups is 2. The molecular weight excluding hydrogens is 184 g/mol. The molecule has 0 aromatic carbocycles. The van der Waals surface area contributed by atoms with E-state index >= 15 is 0 Å². The van der Waals surface area contributed by atoms with Gasteiger partial charge in [-0.15, -0.1) is 0 Å². The molecule has 2 fully saturated rings. The fourth-order valence-electron chi connectivity index (χ4n) is 1.45. The summed E-state index contributed by atoms with van der Waals surface area (Å²) in [4.78, 5) is 21.5. The zero-order valence-corrected chi connectivity index (χ0v) is 7.62.